The Kier molecular flexibility index (Phi) is 7.71. The van der Waals surface area contributed by atoms with Gasteiger partial charge in [-0.05, 0) is 63.7 Å². The minimum Gasteiger partial charge on any atom is -0.508 e. The van der Waals surface area contributed by atoms with E-state index in [0.717, 1.165) is 66.1 Å². The van der Waals surface area contributed by atoms with Gasteiger partial charge in [0.2, 0.25) is 5.91 Å². The maximum Gasteiger partial charge on any atom is 0.318 e. The first-order chi connectivity index (χ1) is 19.9. The number of phenolic OH excluding ortho intramolecular Hbond substituents is 1. The van der Waals surface area contributed by atoms with Crippen LogP contribution in [0.15, 0.2) is 49.1 Å². The van der Waals surface area contributed by atoms with E-state index in [1.807, 2.05) is 35.2 Å². The number of fused-ring (bicyclic) bond motifs is 2. The molecular formula is C32H40N6O3. The van der Waals surface area contributed by atoms with Crippen molar-refractivity contribution in [3.8, 4) is 11.8 Å². The van der Waals surface area contributed by atoms with E-state index in [-0.39, 0.29) is 23.8 Å². The third kappa shape index (κ3) is 5.68. The highest BCUT2D eigenvalue weighted by Crippen LogP contribution is 2.37. The average molecular weight is 557 g/mol. The number of anilines is 2. The number of hydrogen-bond acceptors (Lipinski definition) is 8. The predicted octanol–water partition coefficient (Wildman–Crippen LogP) is 3.98. The number of nitrogens with zero attached hydrogens (tertiary/aromatic N) is 6. The molecule has 4 heterocycles. The lowest BCUT2D eigenvalue weighted by Crippen LogP contribution is -2.54. The summed E-state index contributed by atoms with van der Waals surface area (Å²) in [5, 5.41) is 12.6. The van der Waals surface area contributed by atoms with Crippen molar-refractivity contribution < 1.29 is 14.6 Å². The average Bonchev–Trinajstić information content (AvgIpc) is 3.48. The molecule has 1 N–H and O–H groups in total. The number of phenols is 1. The highest BCUT2D eigenvalue weighted by atomic mass is 16.5. The third-order valence-corrected chi connectivity index (χ3v) is 8.59. The Labute approximate surface area is 242 Å². The monoisotopic (exact) mass is 556 g/mol. The topological polar surface area (TPSA) is 85.3 Å². The summed E-state index contributed by atoms with van der Waals surface area (Å²) >= 11 is 0. The van der Waals surface area contributed by atoms with E-state index < -0.39 is 0 Å². The molecule has 1 aromatic heterocycles. The molecule has 0 aliphatic carbocycles. The van der Waals surface area contributed by atoms with Crippen LogP contribution >= 0.6 is 0 Å². The first kappa shape index (κ1) is 27.3. The highest BCUT2D eigenvalue weighted by molar-refractivity contribution is 5.95. The van der Waals surface area contributed by atoms with E-state index in [1.54, 1.807) is 0 Å². The summed E-state index contributed by atoms with van der Waals surface area (Å²) in [6.45, 7) is 14.3. The number of rotatable bonds is 7. The van der Waals surface area contributed by atoms with Crippen molar-refractivity contribution in [3.63, 3.8) is 0 Å². The Bertz CT molecular complexity index is 1440. The van der Waals surface area contributed by atoms with E-state index >= 15 is 0 Å². The number of aromatic hydroxyl groups is 1. The Morgan fingerprint density at radius 1 is 1.15 bits per heavy atom. The van der Waals surface area contributed by atoms with E-state index in [1.165, 1.54) is 18.9 Å². The van der Waals surface area contributed by atoms with E-state index in [9.17, 15) is 9.90 Å². The summed E-state index contributed by atoms with van der Waals surface area (Å²) in [6.07, 6.45) is 4.61. The summed E-state index contributed by atoms with van der Waals surface area (Å²) in [5.74, 6) is 1.14. The van der Waals surface area contributed by atoms with Crippen molar-refractivity contribution >= 4 is 28.2 Å². The van der Waals surface area contributed by atoms with Crippen LogP contribution in [0.1, 0.15) is 37.9 Å². The first-order valence-electron chi connectivity index (χ1n) is 14.8. The molecule has 0 unspecified atom stereocenters. The van der Waals surface area contributed by atoms with Gasteiger partial charge in [-0.15, -0.1) is 0 Å². The predicted molar refractivity (Wildman–Crippen MR) is 162 cm³/mol. The zero-order valence-corrected chi connectivity index (χ0v) is 24.1. The molecule has 3 aromatic rings. The zero-order valence-electron chi connectivity index (χ0n) is 24.1. The van der Waals surface area contributed by atoms with Crippen molar-refractivity contribution in [2.75, 3.05) is 55.6 Å². The third-order valence-electron chi connectivity index (χ3n) is 8.59. The second kappa shape index (κ2) is 11.6. The number of carbonyl (C=O) groups is 1. The zero-order chi connectivity index (χ0) is 28.5. The van der Waals surface area contributed by atoms with Crippen LogP contribution in [0.2, 0.25) is 0 Å². The molecule has 3 aliphatic heterocycles. The second-order valence-electron chi connectivity index (χ2n) is 11.6. The Morgan fingerprint density at radius 3 is 2.73 bits per heavy atom. The Hall–Kier alpha value is -3.85. The van der Waals surface area contributed by atoms with Crippen LogP contribution in [0.3, 0.4) is 0 Å². The van der Waals surface area contributed by atoms with Crippen LogP contribution in [0, 0.1) is 0 Å². The molecule has 1 amide bonds. The van der Waals surface area contributed by atoms with Gasteiger partial charge in [-0.3, -0.25) is 9.69 Å². The normalized spacial score (nSPS) is 20.2. The molecule has 6 rings (SSSR count). The summed E-state index contributed by atoms with van der Waals surface area (Å²) in [4.78, 5) is 31.2. The minimum atomic E-state index is -0.0341. The number of hydrogen-bond donors (Lipinski definition) is 1. The molecule has 0 spiro atoms. The number of amides is 1. The second-order valence-corrected chi connectivity index (χ2v) is 11.6. The number of aromatic nitrogens is 2. The van der Waals surface area contributed by atoms with Gasteiger partial charge in [0.1, 0.15) is 17.7 Å². The molecule has 2 aromatic carbocycles. The molecule has 0 bridgehead atoms. The Balaban J connectivity index is 1.33. The van der Waals surface area contributed by atoms with Gasteiger partial charge >= 0.3 is 6.01 Å². The van der Waals surface area contributed by atoms with Crippen molar-refractivity contribution in [1.82, 2.24) is 19.8 Å². The van der Waals surface area contributed by atoms with Crippen LogP contribution in [0.5, 0.6) is 11.8 Å². The van der Waals surface area contributed by atoms with Crippen molar-refractivity contribution in [2.45, 2.75) is 51.8 Å². The van der Waals surface area contributed by atoms with Crippen molar-refractivity contribution in [3.05, 3.63) is 60.3 Å². The van der Waals surface area contributed by atoms with Gasteiger partial charge in [0.05, 0.1) is 12.2 Å². The van der Waals surface area contributed by atoms with E-state index in [4.69, 9.17) is 14.7 Å². The van der Waals surface area contributed by atoms with Crippen molar-refractivity contribution in [2.24, 2.45) is 0 Å². The summed E-state index contributed by atoms with van der Waals surface area (Å²) in [5.41, 5.74) is 3.09. The van der Waals surface area contributed by atoms with Gasteiger partial charge in [-0.1, -0.05) is 30.8 Å². The summed E-state index contributed by atoms with van der Waals surface area (Å²) in [7, 11) is 0. The van der Waals surface area contributed by atoms with Gasteiger partial charge in [0.15, 0.2) is 0 Å². The maximum absolute atomic E-state index is 12.3. The molecule has 0 saturated carbocycles. The van der Waals surface area contributed by atoms with E-state index in [0.29, 0.717) is 32.2 Å². The largest absolute Gasteiger partial charge is 0.508 e. The molecule has 216 valence electrons. The number of carbonyl (C=O) groups excluding carboxylic acids is 1. The standard InChI is InChI=1S/C32H40N6O3/c1-4-30(40)37-15-16-38(22(2)19-37)31-27-11-14-36(29-18-25(39)17-24-9-5-6-10-26(24)29)21-28(27)33-32(34-31)41-23(3)20-35-12-7-8-13-35/h4-6,9-10,17-18,22-23,39H,1,7-8,11-16,19-21H2,2-3H3/t22-,23+/m0/s1. The highest BCUT2D eigenvalue weighted by Gasteiger charge is 2.32. The van der Waals surface area contributed by atoms with Crippen LogP contribution in [0.4, 0.5) is 11.5 Å². The number of ether oxygens (including phenoxy) is 1. The van der Waals surface area contributed by atoms with Crippen LogP contribution in [-0.2, 0) is 17.8 Å². The Morgan fingerprint density at radius 2 is 1.95 bits per heavy atom. The molecule has 9 heteroatoms. The van der Waals surface area contributed by atoms with Gasteiger partial charge in [0, 0.05) is 61.5 Å². The summed E-state index contributed by atoms with van der Waals surface area (Å²) in [6, 6.07) is 12.3. The smallest absolute Gasteiger partial charge is 0.318 e. The fourth-order valence-corrected chi connectivity index (χ4v) is 6.57. The van der Waals surface area contributed by atoms with Crippen LogP contribution in [-0.4, -0.2) is 88.7 Å². The first-order valence-corrected chi connectivity index (χ1v) is 14.8. The van der Waals surface area contributed by atoms with Gasteiger partial charge in [-0.2, -0.15) is 9.97 Å². The minimum absolute atomic E-state index is 0.0324. The van der Waals surface area contributed by atoms with Crippen LogP contribution in [0.25, 0.3) is 10.8 Å². The van der Waals surface area contributed by atoms with Crippen LogP contribution < -0.4 is 14.5 Å². The molecule has 2 atom stereocenters. The fraction of sp³-hybridized carbons (Fsp3) is 0.469. The molecule has 41 heavy (non-hydrogen) atoms. The molecule has 2 fully saturated rings. The summed E-state index contributed by atoms with van der Waals surface area (Å²) < 4.78 is 6.39. The lowest BCUT2D eigenvalue weighted by molar-refractivity contribution is -0.126. The quantitative estimate of drug-likeness (QED) is 0.438. The van der Waals surface area contributed by atoms with Gasteiger partial charge < -0.3 is 24.5 Å². The number of likely N-dealkylation sites (tertiary alicyclic amines) is 1. The molecular weight excluding hydrogens is 516 g/mol. The SMILES string of the molecule is C=CC(=O)N1CCN(c2nc(O[C@H](C)CN3CCCC3)nc3c2CCN(c2cc(O)cc4ccccc24)C3)[C@@H](C)C1. The molecule has 3 aliphatic rings. The number of benzene rings is 2. The van der Waals surface area contributed by atoms with Crippen molar-refractivity contribution in [1.29, 1.82) is 0 Å². The maximum atomic E-state index is 12.3. The fourth-order valence-electron chi connectivity index (χ4n) is 6.57. The molecule has 0 radical (unpaired) electrons. The number of piperazine rings is 1. The lowest BCUT2D eigenvalue weighted by atomic mass is 10.0. The van der Waals surface area contributed by atoms with Gasteiger partial charge in [0.25, 0.3) is 0 Å². The van der Waals surface area contributed by atoms with Gasteiger partial charge in [-0.25, -0.2) is 0 Å². The molecule has 9 nitrogen and oxygen atoms in total. The lowest BCUT2D eigenvalue weighted by Gasteiger charge is -2.42. The molecule has 2 saturated heterocycles. The van der Waals surface area contributed by atoms with E-state index in [2.05, 4.69) is 41.2 Å².